The molecule has 5 aromatic rings. The van der Waals surface area contributed by atoms with E-state index in [0.717, 1.165) is 109 Å². The topological polar surface area (TPSA) is 161 Å². The van der Waals surface area contributed by atoms with Crippen molar-refractivity contribution in [3.8, 4) is 11.3 Å². The highest BCUT2D eigenvalue weighted by Crippen LogP contribution is 2.58. The number of nitrogens with zero attached hydrogens (tertiary/aromatic N) is 4. The lowest BCUT2D eigenvalue weighted by molar-refractivity contribution is -0.137. The summed E-state index contributed by atoms with van der Waals surface area (Å²) < 4.78 is 81.8. The third kappa shape index (κ3) is 9.71. The van der Waals surface area contributed by atoms with E-state index in [2.05, 4.69) is 72.4 Å². The summed E-state index contributed by atoms with van der Waals surface area (Å²) >= 11 is 0. The molecule has 13 nitrogen and oxygen atoms in total. The number of fused-ring (bicyclic) bond motifs is 12. The molecule has 2 bridgehead atoms. The highest BCUT2D eigenvalue weighted by molar-refractivity contribution is 7.85. The van der Waals surface area contributed by atoms with Crippen LogP contribution in [0.2, 0.25) is 0 Å². The second-order valence-electron chi connectivity index (χ2n) is 23.5. The number of amides is 3. The van der Waals surface area contributed by atoms with Crippen LogP contribution in [0.1, 0.15) is 125 Å². The number of anilines is 4. The zero-order valence-corrected chi connectivity index (χ0v) is 46.2. The number of Topliss-reactive ketones (excluding diaryl/α,β-unsaturated/α-hetero) is 1. The first-order chi connectivity index (χ1) is 38.1. The molecule has 2 aliphatic carbocycles. The molecular formula is C63H65F3N6O7S. The van der Waals surface area contributed by atoms with Crippen LogP contribution in [0.5, 0.6) is 0 Å². The highest BCUT2D eigenvalue weighted by atomic mass is 32.2. The molecule has 12 rings (SSSR count). The van der Waals surface area contributed by atoms with Crippen LogP contribution in [0.3, 0.4) is 0 Å². The van der Waals surface area contributed by atoms with Crippen LogP contribution >= 0.6 is 0 Å². The average molecular weight is 1110 g/mol. The standard InChI is InChI=1S/C63H65F3N6O7S/c1-61(2)49-33-44(80(76,77)78)19-20-45(49)46-21-25-54-47(57(46)61)34-48-55(79-54)27-29-71-52-23-16-38(31-50(52)62(3,4)58(48)71)30-43(73)12-7-5-6-8-13-56(74)67-35-37-14-17-41(18-15-37)68-60(75)72-42-26-28-70(36-42)53-24-22-51(69-59(53)72)39-10-9-11-40(32-39)63(64,65)66/h9-11,14-20,22-24,31-34,42,54-55H,5-8,12-13,21,25-30,35-36H2,1-4H3,(H,67,74)(H,68,75)(H,76,77,78)/t42-,54?,55?/m0/s1. The Kier molecular flexibility index (Phi) is 13.5. The van der Waals surface area contributed by atoms with E-state index < -0.39 is 27.3 Å². The van der Waals surface area contributed by atoms with E-state index in [9.17, 15) is 40.5 Å². The number of ether oxygens (including phenoxy) is 1. The first-order valence-corrected chi connectivity index (χ1v) is 29.4. The fourth-order valence-corrected chi connectivity index (χ4v) is 14.2. The van der Waals surface area contributed by atoms with E-state index in [-0.39, 0.29) is 46.3 Å². The van der Waals surface area contributed by atoms with Crippen molar-refractivity contribution in [1.82, 2.24) is 10.3 Å². The lowest BCUT2D eigenvalue weighted by Crippen LogP contribution is -2.48. The van der Waals surface area contributed by atoms with Crippen LogP contribution in [0.15, 0.2) is 130 Å². The summed E-state index contributed by atoms with van der Waals surface area (Å²) in [6.07, 6.45) is 5.36. The molecule has 1 aromatic heterocycles. The fourth-order valence-electron chi connectivity index (χ4n) is 13.7. The first kappa shape index (κ1) is 53.6. The maximum Gasteiger partial charge on any atom is 0.416 e. The van der Waals surface area contributed by atoms with E-state index in [1.54, 1.807) is 35.2 Å². The van der Waals surface area contributed by atoms with E-state index in [0.29, 0.717) is 61.5 Å². The van der Waals surface area contributed by atoms with Gasteiger partial charge < -0.3 is 25.2 Å². The number of ketones is 1. The van der Waals surface area contributed by atoms with Crippen LogP contribution in [0.4, 0.5) is 40.8 Å². The van der Waals surface area contributed by atoms with Crippen LogP contribution in [0.25, 0.3) is 16.8 Å². The molecule has 17 heteroatoms. The Bertz CT molecular complexity index is 3610. The number of hydrogen-bond donors (Lipinski definition) is 3. The summed E-state index contributed by atoms with van der Waals surface area (Å²) in [5.74, 6) is 0.532. The molecule has 6 heterocycles. The van der Waals surface area contributed by atoms with Crippen LogP contribution in [-0.4, -0.2) is 73.6 Å². The molecule has 0 radical (unpaired) electrons. The van der Waals surface area contributed by atoms with Gasteiger partial charge in [0.15, 0.2) is 5.82 Å². The van der Waals surface area contributed by atoms with Crippen molar-refractivity contribution in [3.05, 3.63) is 159 Å². The molecule has 2 unspecified atom stereocenters. The van der Waals surface area contributed by atoms with Crippen LogP contribution in [-0.2, 0) is 54.4 Å². The zero-order valence-electron chi connectivity index (χ0n) is 45.4. The summed E-state index contributed by atoms with van der Waals surface area (Å²) in [5, 5.41) is 5.96. The SMILES string of the molecule is CC1(C)C2=C(CCC3OC4CCN5C(=C4C=C23)C(C)(C)c2cc(CC(=O)CCCCCCC(=O)NCc3ccc(NC(=O)N4c6nc(-c7cccc(C(F)(F)F)c7)ccc6N6CC[C@H]4C6)cc3)ccc25)c2ccc(S(=O)(=O)O)cc21. The monoisotopic (exact) mass is 1110 g/mol. The minimum Gasteiger partial charge on any atom is -0.366 e. The maximum absolute atomic E-state index is 13.9. The van der Waals surface area contributed by atoms with Gasteiger partial charge in [-0.1, -0.05) is 83.0 Å². The number of allylic oxidation sites excluding steroid dienone is 2. The van der Waals surface area contributed by atoms with E-state index >= 15 is 0 Å². The number of urea groups is 1. The lowest BCUT2D eigenvalue weighted by atomic mass is 9.71. The maximum atomic E-state index is 13.9. The van der Waals surface area contributed by atoms with Crippen molar-refractivity contribution in [3.63, 3.8) is 0 Å². The Morgan fingerprint density at radius 2 is 1.56 bits per heavy atom. The summed E-state index contributed by atoms with van der Waals surface area (Å²) in [4.78, 5) is 50.9. The molecule has 5 aliphatic heterocycles. The number of unbranched alkanes of at least 4 members (excludes halogenated alkanes) is 3. The number of hydrogen-bond acceptors (Lipinski definition) is 9. The minimum absolute atomic E-state index is 0.0423. The number of nitrogens with one attached hydrogen (secondary N) is 2. The van der Waals surface area contributed by atoms with Gasteiger partial charge in [0.1, 0.15) is 5.78 Å². The second-order valence-corrected chi connectivity index (χ2v) is 25.0. The second kappa shape index (κ2) is 20.2. The summed E-state index contributed by atoms with van der Waals surface area (Å²) in [7, 11) is -4.36. The minimum atomic E-state index is -4.50. The van der Waals surface area contributed by atoms with Crippen LogP contribution in [0, 0.1) is 0 Å². The van der Waals surface area contributed by atoms with E-state index in [1.807, 2.05) is 24.3 Å². The molecule has 1 fully saturated rings. The molecule has 7 aliphatic rings. The number of alkyl halides is 3. The van der Waals surface area contributed by atoms with Crippen molar-refractivity contribution in [1.29, 1.82) is 0 Å². The number of halogens is 3. The van der Waals surface area contributed by atoms with Gasteiger partial charge in [0.05, 0.1) is 40.1 Å². The molecule has 0 spiro atoms. The Balaban J connectivity index is 0.607. The van der Waals surface area contributed by atoms with Crippen molar-refractivity contribution in [2.75, 3.05) is 39.7 Å². The first-order valence-electron chi connectivity index (χ1n) is 27.9. The van der Waals surface area contributed by atoms with Gasteiger partial charge in [-0.3, -0.25) is 19.0 Å². The average Bonchev–Trinajstić information content (AvgIpc) is 4.22. The molecule has 3 atom stereocenters. The van der Waals surface area contributed by atoms with Gasteiger partial charge in [0, 0.05) is 84.5 Å². The number of carbonyl (C=O) groups is 3. The van der Waals surface area contributed by atoms with Gasteiger partial charge in [-0.2, -0.15) is 21.6 Å². The third-order valence-corrected chi connectivity index (χ3v) is 18.5. The number of carbonyl (C=O) groups excluding carboxylic acids is 3. The van der Waals surface area contributed by atoms with Crippen molar-refractivity contribution < 1.29 is 45.3 Å². The summed E-state index contributed by atoms with van der Waals surface area (Å²) in [6.45, 7) is 11.3. The van der Waals surface area contributed by atoms with Crippen LogP contribution < -0.4 is 25.3 Å². The zero-order chi connectivity index (χ0) is 56.0. The van der Waals surface area contributed by atoms with E-state index in [4.69, 9.17) is 9.72 Å². The van der Waals surface area contributed by atoms with Gasteiger partial charge in [0.2, 0.25) is 5.91 Å². The summed E-state index contributed by atoms with van der Waals surface area (Å²) in [6, 6.07) is 26.7. The highest BCUT2D eigenvalue weighted by Gasteiger charge is 2.50. The molecule has 1 saturated heterocycles. The summed E-state index contributed by atoms with van der Waals surface area (Å²) in [5.41, 5.74) is 12.5. The molecule has 0 saturated carbocycles. The number of rotatable bonds is 14. The quantitative estimate of drug-likeness (QED) is 0.0721. The molecule has 80 heavy (non-hydrogen) atoms. The van der Waals surface area contributed by atoms with Gasteiger partial charge >= 0.3 is 12.2 Å². The molecular weight excluding hydrogens is 1040 g/mol. The fraction of sp³-hybridized carbons (Fsp3) is 0.397. The molecule has 3 amide bonds. The lowest BCUT2D eigenvalue weighted by Gasteiger charge is -2.44. The van der Waals surface area contributed by atoms with E-state index in [1.165, 1.54) is 40.1 Å². The third-order valence-electron chi connectivity index (χ3n) is 17.6. The van der Waals surface area contributed by atoms with Crippen molar-refractivity contribution in [2.45, 2.75) is 145 Å². The van der Waals surface area contributed by atoms with Gasteiger partial charge in [-0.05, 0) is 144 Å². The number of pyridine rings is 1. The van der Waals surface area contributed by atoms with Crippen molar-refractivity contribution in [2.24, 2.45) is 0 Å². The van der Waals surface area contributed by atoms with Crippen molar-refractivity contribution >= 4 is 56.3 Å². The Labute approximate surface area is 464 Å². The Morgan fingerprint density at radius 3 is 2.34 bits per heavy atom. The molecule has 3 N–H and O–H groups in total. The number of benzene rings is 4. The van der Waals surface area contributed by atoms with Gasteiger partial charge in [-0.15, -0.1) is 0 Å². The molecule has 4 aromatic carbocycles. The van der Waals surface area contributed by atoms with Gasteiger partial charge in [-0.25, -0.2) is 9.78 Å². The van der Waals surface area contributed by atoms with Gasteiger partial charge in [0.25, 0.3) is 10.1 Å². The Hall–Kier alpha value is -7.08. The largest absolute Gasteiger partial charge is 0.416 e. The predicted octanol–water partition coefficient (Wildman–Crippen LogP) is 12.4. The predicted molar refractivity (Wildman–Crippen MR) is 302 cm³/mol. The molecule has 416 valence electrons. The smallest absolute Gasteiger partial charge is 0.366 e. The Morgan fingerprint density at radius 1 is 0.800 bits per heavy atom. The number of aromatic nitrogens is 1. The normalized spacial score (nSPS) is 21.0.